The lowest BCUT2D eigenvalue weighted by molar-refractivity contribution is -0.137. The molecule has 25 heavy (non-hydrogen) atoms. The van der Waals surface area contributed by atoms with Crippen molar-refractivity contribution in [3.63, 3.8) is 0 Å². The highest BCUT2D eigenvalue weighted by atomic mass is 16.5. The van der Waals surface area contributed by atoms with Gasteiger partial charge in [0.25, 0.3) is 0 Å². The van der Waals surface area contributed by atoms with Crippen molar-refractivity contribution >= 4 is 11.9 Å². The highest BCUT2D eigenvalue weighted by Gasteiger charge is 2.30. The number of urea groups is 1. The van der Waals surface area contributed by atoms with Crippen LogP contribution in [0.4, 0.5) is 4.79 Å². The molecule has 3 amide bonds. The lowest BCUT2D eigenvalue weighted by Gasteiger charge is -2.34. The first-order valence-electron chi connectivity index (χ1n) is 8.98. The fraction of sp³-hybridized carbons (Fsp3) is 0.579. The summed E-state index contributed by atoms with van der Waals surface area (Å²) in [6.07, 6.45) is 3.48. The molecular formula is C19H29N3O3. The van der Waals surface area contributed by atoms with Crippen molar-refractivity contribution in [1.29, 1.82) is 0 Å². The second kappa shape index (κ2) is 10.0. The maximum absolute atomic E-state index is 12.9. The summed E-state index contributed by atoms with van der Waals surface area (Å²) in [6.45, 7) is 2.87. The summed E-state index contributed by atoms with van der Waals surface area (Å²) >= 11 is 0. The maximum atomic E-state index is 12.9. The maximum Gasteiger partial charge on any atom is 0.314 e. The van der Waals surface area contributed by atoms with E-state index in [2.05, 4.69) is 12.1 Å². The van der Waals surface area contributed by atoms with E-state index in [4.69, 9.17) is 10.5 Å². The van der Waals surface area contributed by atoms with Gasteiger partial charge in [-0.2, -0.15) is 0 Å². The molecule has 1 aromatic rings. The van der Waals surface area contributed by atoms with Crippen LogP contribution in [0, 0.1) is 5.92 Å². The van der Waals surface area contributed by atoms with E-state index in [-0.39, 0.29) is 11.8 Å². The fourth-order valence-corrected chi connectivity index (χ4v) is 3.29. The Bertz CT molecular complexity index is 550. The van der Waals surface area contributed by atoms with Gasteiger partial charge < -0.3 is 20.3 Å². The van der Waals surface area contributed by atoms with Gasteiger partial charge in [0.1, 0.15) is 0 Å². The molecule has 2 N–H and O–H groups in total. The highest BCUT2D eigenvalue weighted by molar-refractivity contribution is 5.80. The predicted molar refractivity (Wildman–Crippen MR) is 97.1 cm³/mol. The Kier molecular flexibility index (Phi) is 7.73. The third-order valence-electron chi connectivity index (χ3n) is 4.70. The number of carbonyl (C=O) groups excluding carboxylic acids is 2. The van der Waals surface area contributed by atoms with Crippen molar-refractivity contribution in [2.75, 3.05) is 39.9 Å². The van der Waals surface area contributed by atoms with Crippen molar-refractivity contribution in [2.24, 2.45) is 11.7 Å². The minimum absolute atomic E-state index is 0.107. The largest absolute Gasteiger partial charge is 0.383 e. The van der Waals surface area contributed by atoms with Crippen LogP contribution < -0.4 is 5.73 Å². The van der Waals surface area contributed by atoms with E-state index in [0.29, 0.717) is 32.8 Å². The number of hydrogen-bond acceptors (Lipinski definition) is 3. The van der Waals surface area contributed by atoms with Crippen LogP contribution in [-0.2, 0) is 16.0 Å². The van der Waals surface area contributed by atoms with Gasteiger partial charge in [0.2, 0.25) is 5.91 Å². The molecule has 1 aliphatic heterocycles. The molecule has 1 saturated heterocycles. The number of nitrogens with two attached hydrogens (primary N) is 1. The van der Waals surface area contributed by atoms with Crippen molar-refractivity contribution in [3.05, 3.63) is 35.9 Å². The SMILES string of the molecule is COCCN(CCCc1ccccc1)C(=O)[C@@H]1CCCN(C(N)=O)C1. The fourth-order valence-electron chi connectivity index (χ4n) is 3.29. The van der Waals surface area contributed by atoms with Gasteiger partial charge in [-0.15, -0.1) is 0 Å². The molecule has 0 bridgehead atoms. The summed E-state index contributed by atoms with van der Waals surface area (Å²) < 4.78 is 5.16. The molecule has 0 saturated carbocycles. The first-order chi connectivity index (χ1) is 12.1. The predicted octanol–water partition coefficient (Wildman–Crippen LogP) is 1.88. The van der Waals surface area contributed by atoms with Crippen molar-refractivity contribution in [1.82, 2.24) is 9.80 Å². The first-order valence-corrected chi connectivity index (χ1v) is 8.98. The summed E-state index contributed by atoms with van der Waals surface area (Å²) in [6, 6.07) is 9.84. The lowest BCUT2D eigenvalue weighted by atomic mass is 9.96. The number of piperidine rings is 1. The number of rotatable bonds is 8. The Hall–Kier alpha value is -2.08. The number of ether oxygens (including phenoxy) is 1. The Labute approximate surface area is 149 Å². The van der Waals surface area contributed by atoms with Gasteiger partial charge in [-0.05, 0) is 31.2 Å². The molecule has 6 heteroatoms. The molecule has 1 fully saturated rings. The first kappa shape index (κ1) is 19.2. The van der Waals surface area contributed by atoms with Crippen molar-refractivity contribution in [2.45, 2.75) is 25.7 Å². The number of aryl methyl sites for hydroxylation is 1. The minimum Gasteiger partial charge on any atom is -0.383 e. The number of likely N-dealkylation sites (tertiary alicyclic amines) is 1. The van der Waals surface area contributed by atoms with Gasteiger partial charge in [-0.25, -0.2) is 4.79 Å². The quantitative estimate of drug-likeness (QED) is 0.780. The van der Waals surface area contributed by atoms with E-state index in [1.807, 2.05) is 23.1 Å². The van der Waals surface area contributed by atoms with Crippen LogP contribution in [0.15, 0.2) is 30.3 Å². The minimum atomic E-state index is -0.440. The smallest absolute Gasteiger partial charge is 0.314 e. The summed E-state index contributed by atoms with van der Waals surface area (Å²) in [5, 5.41) is 0. The van der Waals surface area contributed by atoms with Crippen LogP contribution in [-0.4, -0.2) is 61.6 Å². The number of methoxy groups -OCH3 is 1. The van der Waals surface area contributed by atoms with Crippen LogP contribution in [0.2, 0.25) is 0 Å². The second-order valence-electron chi connectivity index (χ2n) is 6.53. The van der Waals surface area contributed by atoms with Crippen LogP contribution >= 0.6 is 0 Å². The van der Waals surface area contributed by atoms with Crippen LogP contribution in [0.1, 0.15) is 24.8 Å². The van der Waals surface area contributed by atoms with Gasteiger partial charge in [0.15, 0.2) is 0 Å². The standard InChI is InChI=1S/C19H29N3O3/c1-25-14-13-21(11-5-9-16-7-3-2-4-8-16)18(23)17-10-6-12-22(15-17)19(20)24/h2-4,7-8,17H,5-6,9-15H2,1H3,(H2,20,24)/t17-/m1/s1. The molecule has 1 aromatic carbocycles. The van der Waals surface area contributed by atoms with Crippen LogP contribution in [0.5, 0.6) is 0 Å². The van der Waals surface area contributed by atoms with E-state index in [1.54, 1.807) is 12.0 Å². The molecular weight excluding hydrogens is 318 g/mol. The molecule has 0 aromatic heterocycles. The summed E-state index contributed by atoms with van der Waals surface area (Å²) in [4.78, 5) is 27.8. The van der Waals surface area contributed by atoms with Crippen molar-refractivity contribution in [3.8, 4) is 0 Å². The molecule has 1 atom stereocenters. The van der Waals surface area contributed by atoms with E-state index >= 15 is 0 Å². The molecule has 0 aliphatic carbocycles. The van der Waals surface area contributed by atoms with E-state index in [9.17, 15) is 9.59 Å². The molecule has 6 nitrogen and oxygen atoms in total. The van der Waals surface area contributed by atoms with Crippen LogP contribution in [0.25, 0.3) is 0 Å². The van der Waals surface area contributed by atoms with Gasteiger partial charge in [-0.3, -0.25) is 4.79 Å². The van der Waals surface area contributed by atoms with Gasteiger partial charge >= 0.3 is 6.03 Å². The van der Waals surface area contributed by atoms with E-state index < -0.39 is 6.03 Å². The Morgan fingerprint density at radius 2 is 2.04 bits per heavy atom. The monoisotopic (exact) mass is 347 g/mol. The Morgan fingerprint density at radius 3 is 2.72 bits per heavy atom. The average molecular weight is 347 g/mol. The highest BCUT2D eigenvalue weighted by Crippen LogP contribution is 2.19. The molecule has 0 unspecified atom stereocenters. The second-order valence-corrected chi connectivity index (χ2v) is 6.53. The van der Waals surface area contributed by atoms with Gasteiger partial charge in [0, 0.05) is 33.3 Å². The van der Waals surface area contributed by atoms with Gasteiger partial charge in [0.05, 0.1) is 12.5 Å². The van der Waals surface area contributed by atoms with E-state index in [0.717, 1.165) is 25.7 Å². The molecule has 2 rings (SSSR count). The number of hydrogen-bond donors (Lipinski definition) is 1. The normalized spacial score (nSPS) is 17.3. The Morgan fingerprint density at radius 1 is 1.28 bits per heavy atom. The van der Waals surface area contributed by atoms with Crippen LogP contribution in [0.3, 0.4) is 0 Å². The molecule has 1 aliphatic rings. The van der Waals surface area contributed by atoms with Crippen molar-refractivity contribution < 1.29 is 14.3 Å². The zero-order valence-electron chi connectivity index (χ0n) is 15.0. The average Bonchev–Trinajstić information content (AvgIpc) is 2.65. The summed E-state index contributed by atoms with van der Waals surface area (Å²) in [5.74, 6) is -0.0501. The number of nitrogens with zero attached hydrogens (tertiary/aromatic N) is 2. The number of primary amides is 1. The third-order valence-corrected chi connectivity index (χ3v) is 4.70. The molecule has 138 valence electrons. The topological polar surface area (TPSA) is 75.9 Å². The number of amides is 3. The molecule has 1 heterocycles. The third kappa shape index (κ3) is 6.05. The van der Waals surface area contributed by atoms with E-state index in [1.165, 1.54) is 5.56 Å². The molecule has 0 spiro atoms. The number of benzene rings is 1. The zero-order chi connectivity index (χ0) is 18.1. The summed E-state index contributed by atoms with van der Waals surface area (Å²) in [7, 11) is 1.64. The number of carbonyl (C=O) groups is 2. The Balaban J connectivity index is 1.90. The zero-order valence-corrected chi connectivity index (χ0v) is 15.0. The molecule has 0 radical (unpaired) electrons. The van der Waals surface area contributed by atoms with Gasteiger partial charge in [-0.1, -0.05) is 30.3 Å². The lowest BCUT2D eigenvalue weighted by Crippen LogP contribution is -2.49. The summed E-state index contributed by atoms with van der Waals surface area (Å²) in [5.41, 5.74) is 6.65.